The lowest BCUT2D eigenvalue weighted by Gasteiger charge is -2.16. The van der Waals surface area contributed by atoms with E-state index >= 15 is 0 Å². The Hall–Kier alpha value is -2.51. The number of nitrogens with zero attached hydrogens (tertiary/aromatic N) is 3. The molecule has 8 nitrogen and oxygen atoms in total. The maximum atomic E-state index is 8.36. The van der Waals surface area contributed by atoms with Gasteiger partial charge in [0, 0.05) is 12.7 Å². The summed E-state index contributed by atoms with van der Waals surface area (Å²) < 4.78 is 0. The molecule has 0 amide bonds. The van der Waals surface area contributed by atoms with Gasteiger partial charge in [0.05, 0.1) is 0 Å². The fraction of sp³-hybridized carbons (Fsp3) is 0.125. The number of hydrogen-bond donors (Lipinski definition) is 3. The second-order valence-corrected chi connectivity index (χ2v) is 2.62. The van der Waals surface area contributed by atoms with E-state index in [0.717, 1.165) is 5.69 Å². The van der Waals surface area contributed by atoms with E-state index in [9.17, 15) is 0 Å². The number of benzene rings is 1. The van der Waals surface area contributed by atoms with Crippen LogP contribution >= 0.6 is 0 Å². The zero-order valence-electron chi connectivity index (χ0n) is 8.65. The summed E-state index contributed by atoms with van der Waals surface area (Å²) in [6.07, 6.45) is 0. The van der Waals surface area contributed by atoms with Crippen LogP contribution in [0.1, 0.15) is 0 Å². The third-order valence-corrected chi connectivity index (χ3v) is 1.62. The van der Waals surface area contributed by atoms with Gasteiger partial charge in [-0.25, -0.2) is 0 Å². The summed E-state index contributed by atoms with van der Waals surface area (Å²) in [5.41, 5.74) is 6.46. The predicted octanol–water partition coefficient (Wildman–Crippen LogP) is -0.0365. The molecular weight excluding hydrogens is 214 g/mol. The lowest BCUT2D eigenvalue weighted by atomic mass is 10.3. The molecular formula is C8H13N5O3. The first-order valence-electron chi connectivity index (χ1n) is 4.14. The van der Waals surface area contributed by atoms with Gasteiger partial charge in [0.2, 0.25) is 5.96 Å². The summed E-state index contributed by atoms with van der Waals surface area (Å²) >= 11 is 0. The van der Waals surface area contributed by atoms with Crippen LogP contribution in [-0.2, 0) is 0 Å². The fourth-order valence-electron chi connectivity index (χ4n) is 0.870. The van der Waals surface area contributed by atoms with Crippen molar-refractivity contribution in [3.8, 4) is 0 Å². The maximum absolute atomic E-state index is 8.36. The molecule has 5 N–H and O–H groups in total. The largest absolute Gasteiger partial charge is 0.368 e. The molecule has 0 saturated carbocycles. The highest BCUT2D eigenvalue weighted by Gasteiger charge is 2.01. The van der Waals surface area contributed by atoms with Gasteiger partial charge in [-0.2, -0.15) is 0 Å². The lowest BCUT2D eigenvalue weighted by molar-refractivity contribution is -0.742. The Bertz CT molecular complexity index is 350. The van der Waals surface area contributed by atoms with Crippen LogP contribution in [0.25, 0.3) is 0 Å². The molecule has 1 aromatic rings. The number of guanidine groups is 1. The molecule has 0 unspecified atom stereocenters. The molecule has 0 fully saturated rings. The monoisotopic (exact) mass is 227 g/mol. The zero-order chi connectivity index (χ0) is 12.6. The van der Waals surface area contributed by atoms with Gasteiger partial charge < -0.3 is 21.7 Å². The second kappa shape index (κ2) is 6.87. The highest BCUT2D eigenvalue weighted by molar-refractivity contribution is 5.93. The van der Waals surface area contributed by atoms with E-state index < -0.39 is 5.09 Å². The van der Waals surface area contributed by atoms with Crippen LogP contribution in [-0.4, -0.2) is 23.3 Å². The summed E-state index contributed by atoms with van der Waals surface area (Å²) in [5.74, 6) is 5.32. The minimum absolute atomic E-state index is 0.293. The average Bonchev–Trinajstić information content (AvgIpc) is 2.27. The van der Waals surface area contributed by atoms with Crippen molar-refractivity contribution < 1.29 is 10.3 Å². The molecule has 16 heavy (non-hydrogen) atoms. The standard InChI is InChI=1S/C8H12N4.HNO3/c1-12(8(9)11-10)7-5-3-2-4-6-7;2-1(3)4/h2-6H,10H2,1H3,(H2,9,11);(H,2,3,4). The minimum atomic E-state index is -1.50. The quantitative estimate of drug-likeness (QED) is 0.203. The lowest BCUT2D eigenvalue weighted by Crippen LogP contribution is -2.34. The maximum Gasteiger partial charge on any atom is 0.291 e. The Kier molecular flexibility index (Phi) is 5.79. The average molecular weight is 227 g/mol. The SMILES string of the molecule is CN(C(N)=NN)c1ccccc1.O=[N+]([O-])O. The summed E-state index contributed by atoms with van der Waals surface area (Å²) in [6.45, 7) is 0. The van der Waals surface area contributed by atoms with Crippen molar-refractivity contribution in [3.05, 3.63) is 40.4 Å². The van der Waals surface area contributed by atoms with Crippen LogP contribution in [0.3, 0.4) is 0 Å². The van der Waals surface area contributed by atoms with Gasteiger partial charge in [-0.05, 0) is 12.1 Å². The molecule has 0 aliphatic carbocycles. The summed E-state index contributed by atoms with van der Waals surface area (Å²) in [7, 11) is 1.81. The summed E-state index contributed by atoms with van der Waals surface area (Å²) in [4.78, 5) is 10.1. The predicted molar refractivity (Wildman–Crippen MR) is 59.4 cm³/mol. The van der Waals surface area contributed by atoms with Crippen molar-refractivity contribution in [1.82, 2.24) is 0 Å². The van der Waals surface area contributed by atoms with Crippen LogP contribution in [0.2, 0.25) is 0 Å². The molecule has 88 valence electrons. The van der Waals surface area contributed by atoms with Gasteiger partial charge in [-0.15, -0.1) is 15.2 Å². The van der Waals surface area contributed by atoms with E-state index in [1.165, 1.54) is 0 Å². The molecule has 8 heteroatoms. The van der Waals surface area contributed by atoms with Crippen molar-refractivity contribution >= 4 is 11.6 Å². The summed E-state index contributed by atoms with van der Waals surface area (Å²) in [5, 5.41) is 17.0. The van der Waals surface area contributed by atoms with Crippen molar-refractivity contribution in [3.63, 3.8) is 0 Å². The highest BCUT2D eigenvalue weighted by Crippen LogP contribution is 2.09. The van der Waals surface area contributed by atoms with Crippen LogP contribution < -0.4 is 16.5 Å². The summed E-state index contributed by atoms with van der Waals surface area (Å²) in [6, 6.07) is 9.65. The third kappa shape index (κ3) is 5.27. The Morgan fingerprint density at radius 1 is 1.50 bits per heavy atom. The third-order valence-electron chi connectivity index (χ3n) is 1.62. The first-order chi connectivity index (χ1) is 7.49. The fourth-order valence-corrected chi connectivity index (χ4v) is 0.870. The zero-order valence-corrected chi connectivity index (χ0v) is 8.65. The molecule has 0 saturated heterocycles. The first-order valence-corrected chi connectivity index (χ1v) is 4.14. The van der Waals surface area contributed by atoms with E-state index in [-0.39, 0.29) is 0 Å². The smallest absolute Gasteiger partial charge is 0.291 e. The van der Waals surface area contributed by atoms with Crippen molar-refractivity contribution in [2.45, 2.75) is 0 Å². The van der Waals surface area contributed by atoms with Gasteiger partial charge in [0.25, 0.3) is 5.09 Å². The number of nitrogens with two attached hydrogens (primary N) is 2. The van der Waals surface area contributed by atoms with Crippen LogP contribution in [0.15, 0.2) is 35.4 Å². The first kappa shape index (κ1) is 13.5. The minimum Gasteiger partial charge on any atom is -0.368 e. The molecule has 0 spiro atoms. The number of hydrazone groups is 1. The molecule has 0 atom stereocenters. The van der Waals surface area contributed by atoms with Gasteiger partial charge >= 0.3 is 0 Å². The van der Waals surface area contributed by atoms with E-state index in [2.05, 4.69) is 5.10 Å². The Labute approximate surface area is 91.9 Å². The number of anilines is 1. The van der Waals surface area contributed by atoms with Gasteiger partial charge in [0.1, 0.15) is 0 Å². The van der Waals surface area contributed by atoms with Crippen molar-refractivity contribution in [2.75, 3.05) is 11.9 Å². The van der Waals surface area contributed by atoms with E-state index in [1.54, 1.807) is 11.9 Å². The highest BCUT2D eigenvalue weighted by atomic mass is 16.9. The van der Waals surface area contributed by atoms with Gasteiger partial charge in [-0.3, -0.25) is 0 Å². The molecule has 0 bridgehead atoms. The second-order valence-electron chi connectivity index (χ2n) is 2.62. The Morgan fingerprint density at radius 2 is 1.94 bits per heavy atom. The van der Waals surface area contributed by atoms with Crippen molar-refractivity contribution in [1.29, 1.82) is 0 Å². The molecule has 0 aliphatic rings. The molecule has 0 aliphatic heterocycles. The number of rotatable bonds is 1. The van der Waals surface area contributed by atoms with E-state index in [0.29, 0.717) is 5.96 Å². The van der Waals surface area contributed by atoms with Crippen LogP contribution in [0, 0.1) is 10.1 Å². The number of para-hydroxylation sites is 1. The van der Waals surface area contributed by atoms with Gasteiger partial charge in [-0.1, -0.05) is 18.2 Å². The van der Waals surface area contributed by atoms with E-state index in [1.807, 2.05) is 30.3 Å². The molecule has 0 radical (unpaired) electrons. The molecule has 1 aromatic carbocycles. The van der Waals surface area contributed by atoms with Crippen LogP contribution in [0.5, 0.6) is 0 Å². The van der Waals surface area contributed by atoms with Crippen LogP contribution in [0.4, 0.5) is 5.69 Å². The molecule has 0 aromatic heterocycles. The molecule has 1 rings (SSSR count). The van der Waals surface area contributed by atoms with Gasteiger partial charge in [0.15, 0.2) is 0 Å². The normalized spacial score (nSPS) is 9.94. The Balaban J connectivity index is 0.000000487. The topological polar surface area (TPSA) is 131 Å². The van der Waals surface area contributed by atoms with Crippen molar-refractivity contribution in [2.24, 2.45) is 16.7 Å². The Morgan fingerprint density at radius 3 is 2.31 bits per heavy atom. The molecule has 0 heterocycles. The number of hydrogen-bond acceptors (Lipinski definition) is 4. The van der Waals surface area contributed by atoms with E-state index in [4.69, 9.17) is 26.9 Å².